The molecule has 1 aliphatic carbocycles. The first-order valence-corrected chi connectivity index (χ1v) is 16.2. The number of allylic oxidation sites excluding steroid dienone is 1. The molecular formula is C33H42N4O10. The average molecular weight is 655 g/mol. The van der Waals surface area contributed by atoms with E-state index in [2.05, 4.69) is 10.6 Å². The van der Waals surface area contributed by atoms with Gasteiger partial charge in [0.25, 0.3) is 0 Å². The summed E-state index contributed by atoms with van der Waals surface area (Å²) < 4.78 is 22.2. The zero-order chi connectivity index (χ0) is 33.5. The molecule has 4 amide bonds. The summed E-state index contributed by atoms with van der Waals surface area (Å²) in [5, 5.41) is 15.5. The van der Waals surface area contributed by atoms with Crippen molar-refractivity contribution in [2.24, 2.45) is 5.92 Å². The molecule has 0 radical (unpaired) electrons. The minimum Gasteiger partial charge on any atom is -0.479 e. The molecule has 6 rings (SSSR count). The van der Waals surface area contributed by atoms with Crippen LogP contribution in [0.2, 0.25) is 0 Å². The summed E-state index contributed by atoms with van der Waals surface area (Å²) >= 11 is 0. The van der Waals surface area contributed by atoms with Crippen LogP contribution in [0.5, 0.6) is 11.5 Å². The van der Waals surface area contributed by atoms with Crippen LogP contribution in [-0.2, 0) is 36.9 Å². The maximum atomic E-state index is 14.1. The van der Waals surface area contributed by atoms with Crippen LogP contribution in [0, 0.1) is 5.92 Å². The van der Waals surface area contributed by atoms with Gasteiger partial charge in [-0.25, -0.2) is 14.4 Å². The van der Waals surface area contributed by atoms with Crippen molar-refractivity contribution in [3.63, 3.8) is 0 Å². The molecule has 1 aromatic rings. The molecule has 5 aliphatic rings. The molecule has 0 unspecified atom stereocenters. The van der Waals surface area contributed by atoms with Crippen LogP contribution in [0.25, 0.3) is 0 Å². The lowest BCUT2D eigenvalue weighted by atomic mass is 10.0. The van der Waals surface area contributed by atoms with E-state index in [4.69, 9.17) is 18.9 Å². The minimum atomic E-state index is -1.47. The number of carbonyl (C=O) groups excluding carboxylic acids is 4. The molecule has 1 saturated heterocycles. The number of carboxylic acid groups (broad SMARTS) is 1. The summed E-state index contributed by atoms with van der Waals surface area (Å²) in [5.41, 5.74) is -0.457. The highest BCUT2D eigenvalue weighted by molar-refractivity contribution is 5.96. The van der Waals surface area contributed by atoms with E-state index >= 15 is 0 Å². The molecule has 1 saturated carbocycles. The van der Waals surface area contributed by atoms with Crippen LogP contribution in [0.1, 0.15) is 76.8 Å². The summed E-state index contributed by atoms with van der Waals surface area (Å²) in [7, 11) is 0. The second kappa shape index (κ2) is 12.6. The summed E-state index contributed by atoms with van der Waals surface area (Å²) in [6.45, 7) is 5.78. The zero-order valence-corrected chi connectivity index (χ0v) is 26.9. The fraction of sp³-hybridized carbons (Fsp3) is 0.606. The van der Waals surface area contributed by atoms with Gasteiger partial charge in [-0.15, -0.1) is 0 Å². The third kappa shape index (κ3) is 6.96. The molecule has 1 aromatic carbocycles. The number of hydrogen-bond donors (Lipinski definition) is 3. The molecule has 47 heavy (non-hydrogen) atoms. The second-order valence-electron chi connectivity index (χ2n) is 13.9. The van der Waals surface area contributed by atoms with Gasteiger partial charge < -0.3 is 39.6 Å². The Labute approximate surface area is 272 Å². The van der Waals surface area contributed by atoms with Gasteiger partial charge >= 0.3 is 18.2 Å². The number of nitrogens with one attached hydrogen (secondary N) is 2. The van der Waals surface area contributed by atoms with Crippen LogP contribution in [0.15, 0.2) is 24.3 Å². The normalized spacial score (nSPS) is 29.3. The van der Waals surface area contributed by atoms with Gasteiger partial charge in [-0.3, -0.25) is 14.5 Å². The van der Waals surface area contributed by atoms with Crippen molar-refractivity contribution in [2.45, 2.75) is 108 Å². The van der Waals surface area contributed by atoms with Crippen molar-refractivity contribution in [1.29, 1.82) is 0 Å². The van der Waals surface area contributed by atoms with Gasteiger partial charge in [0.05, 0.1) is 6.54 Å². The van der Waals surface area contributed by atoms with Crippen molar-refractivity contribution < 1.29 is 48.0 Å². The Hall–Kier alpha value is -4.49. The van der Waals surface area contributed by atoms with Gasteiger partial charge in [-0.1, -0.05) is 25.0 Å². The van der Waals surface area contributed by atoms with Gasteiger partial charge in [0.15, 0.2) is 11.5 Å². The molecule has 4 heterocycles. The molecule has 4 aliphatic heterocycles. The van der Waals surface area contributed by atoms with E-state index < -0.39 is 59.3 Å². The molecule has 2 fully saturated rings. The summed E-state index contributed by atoms with van der Waals surface area (Å²) in [6, 6.07) is 1.56. The highest BCUT2D eigenvalue weighted by Gasteiger charge is 2.61. The summed E-state index contributed by atoms with van der Waals surface area (Å²) in [4.78, 5) is 69.2. The number of ether oxygens (including phenoxy) is 4. The zero-order valence-electron chi connectivity index (χ0n) is 26.9. The third-order valence-electron chi connectivity index (χ3n) is 9.26. The molecule has 14 nitrogen and oxygen atoms in total. The summed E-state index contributed by atoms with van der Waals surface area (Å²) in [6.07, 6.45) is 5.01. The first-order valence-electron chi connectivity index (χ1n) is 16.2. The molecule has 0 spiro atoms. The van der Waals surface area contributed by atoms with Gasteiger partial charge in [-0.05, 0) is 69.7 Å². The largest absolute Gasteiger partial charge is 0.479 e. The lowest BCUT2D eigenvalue weighted by Crippen LogP contribution is -2.56. The van der Waals surface area contributed by atoms with E-state index in [1.807, 2.05) is 24.3 Å². The number of amides is 4. The molecule has 254 valence electrons. The number of benzene rings is 1. The van der Waals surface area contributed by atoms with Crippen molar-refractivity contribution in [3.05, 3.63) is 35.4 Å². The Kier molecular flexibility index (Phi) is 8.70. The van der Waals surface area contributed by atoms with Gasteiger partial charge in [0, 0.05) is 25.4 Å². The number of nitrogens with zero attached hydrogens (tertiary/aromatic N) is 2. The molecule has 3 N–H and O–H groups in total. The summed E-state index contributed by atoms with van der Waals surface area (Å²) in [5.74, 6) is -1.46. The number of carbonyl (C=O) groups is 5. The molecule has 5 atom stereocenters. The van der Waals surface area contributed by atoms with Crippen molar-refractivity contribution >= 4 is 30.0 Å². The number of aliphatic carboxylic acids is 1. The fourth-order valence-corrected chi connectivity index (χ4v) is 6.73. The Morgan fingerprint density at radius 1 is 1.06 bits per heavy atom. The van der Waals surface area contributed by atoms with E-state index in [1.54, 1.807) is 20.8 Å². The smallest absolute Gasteiger partial charge is 0.410 e. The fourth-order valence-electron chi connectivity index (χ4n) is 6.73. The standard InChI is InChI=1S/C33H42N4O10/c1-32(2,3)47-30(42)34-23-10-8-6-4-5-7-9-21-14-33(21,29(40)41)35-27(38)24-13-22(17-37(24)28(23)39)46-31(43)36-15-19-11-25-26(45-18-44-25)12-20(19)16-36/h7,9,11-12,21-24H,4-6,8,10,13-18H2,1-3H3,(H,34,42)(H,35,38)(H,40,41)/b9-7-/t21-,22-,23+,24+,33-/m1/s1. The number of rotatable bonds is 3. The van der Waals surface area contributed by atoms with Crippen molar-refractivity contribution in [1.82, 2.24) is 20.4 Å². The Morgan fingerprint density at radius 3 is 2.43 bits per heavy atom. The maximum Gasteiger partial charge on any atom is 0.410 e. The van der Waals surface area contributed by atoms with Gasteiger partial charge in [-0.2, -0.15) is 0 Å². The van der Waals surface area contributed by atoms with Crippen molar-refractivity contribution in [2.75, 3.05) is 13.3 Å². The van der Waals surface area contributed by atoms with E-state index in [1.165, 1.54) is 9.80 Å². The Bertz CT molecular complexity index is 1460. The van der Waals surface area contributed by atoms with E-state index in [0.717, 1.165) is 30.4 Å². The van der Waals surface area contributed by atoms with Crippen LogP contribution in [-0.4, -0.2) is 87.5 Å². The molecule has 14 heteroatoms. The Morgan fingerprint density at radius 2 is 1.77 bits per heavy atom. The van der Waals surface area contributed by atoms with Crippen LogP contribution >= 0.6 is 0 Å². The highest BCUT2D eigenvalue weighted by Crippen LogP contribution is 2.45. The number of fused-ring (bicyclic) bond motifs is 4. The molecule has 0 aromatic heterocycles. The number of alkyl carbamates (subject to hydrolysis) is 1. The van der Waals surface area contributed by atoms with Crippen LogP contribution < -0.4 is 20.1 Å². The first-order chi connectivity index (χ1) is 22.3. The maximum absolute atomic E-state index is 14.1. The van der Waals surface area contributed by atoms with E-state index in [-0.39, 0.29) is 32.1 Å². The Balaban J connectivity index is 1.21. The quantitative estimate of drug-likeness (QED) is 0.411. The SMILES string of the molecule is CC(C)(C)OC(=O)N[C@H]1CCCCC/C=C\[C@@H]2C[C@@]2(C(=O)O)NC(=O)[C@@H]2C[C@@H](OC(=O)N3Cc4cc5c(cc4C3)OCO5)CN2C1=O. The number of hydrogen-bond acceptors (Lipinski definition) is 9. The van der Waals surface area contributed by atoms with Crippen LogP contribution in [0.3, 0.4) is 0 Å². The first kappa shape index (κ1) is 32.5. The average Bonchev–Trinajstić information content (AvgIpc) is 3.35. The van der Waals surface area contributed by atoms with Gasteiger partial charge in [0.2, 0.25) is 18.6 Å². The molecular weight excluding hydrogens is 612 g/mol. The van der Waals surface area contributed by atoms with Gasteiger partial charge in [0.1, 0.15) is 29.3 Å². The van der Waals surface area contributed by atoms with Crippen LogP contribution in [0.4, 0.5) is 9.59 Å². The topological polar surface area (TPSA) is 173 Å². The predicted molar refractivity (Wildman–Crippen MR) is 164 cm³/mol. The monoisotopic (exact) mass is 654 g/mol. The number of carboxylic acids is 1. The van der Waals surface area contributed by atoms with E-state index in [0.29, 0.717) is 37.4 Å². The third-order valence-corrected chi connectivity index (χ3v) is 9.26. The van der Waals surface area contributed by atoms with Crippen molar-refractivity contribution in [3.8, 4) is 11.5 Å². The lowest BCUT2D eigenvalue weighted by Gasteiger charge is -2.30. The minimum absolute atomic E-state index is 0.0323. The second-order valence-corrected chi connectivity index (χ2v) is 13.9. The molecule has 0 bridgehead atoms. The lowest BCUT2D eigenvalue weighted by molar-refractivity contribution is -0.145. The van der Waals surface area contributed by atoms with E-state index in [9.17, 15) is 29.1 Å². The highest BCUT2D eigenvalue weighted by atomic mass is 16.7. The predicted octanol–water partition coefficient (Wildman–Crippen LogP) is 3.21.